The van der Waals surface area contributed by atoms with Crippen LogP contribution >= 0.6 is 0 Å². The maximum atomic E-state index is 13.2. The molecule has 0 saturated carbocycles. The van der Waals surface area contributed by atoms with Crippen molar-refractivity contribution in [3.8, 4) is 0 Å². The van der Waals surface area contributed by atoms with Crippen molar-refractivity contribution >= 4 is 0 Å². The van der Waals surface area contributed by atoms with Gasteiger partial charge in [0.25, 0.3) is 0 Å². The third-order valence-electron chi connectivity index (χ3n) is 4.12. The molecule has 2 N–H and O–H groups in total. The van der Waals surface area contributed by atoms with E-state index in [0.717, 1.165) is 37.4 Å². The van der Waals surface area contributed by atoms with E-state index in [-0.39, 0.29) is 11.7 Å². The Morgan fingerprint density at radius 2 is 2.14 bits per heavy atom. The van der Waals surface area contributed by atoms with Crippen molar-refractivity contribution in [2.24, 2.45) is 0 Å². The molecule has 0 amide bonds. The van der Waals surface area contributed by atoms with Crippen molar-refractivity contribution in [3.05, 3.63) is 51.7 Å². The molecule has 118 valence electrons. The van der Waals surface area contributed by atoms with E-state index in [9.17, 15) is 13.6 Å². The molecule has 0 aliphatic carbocycles. The van der Waals surface area contributed by atoms with Crippen molar-refractivity contribution in [1.29, 1.82) is 0 Å². The summed E-state index contributed by atoms with van der Waals surface area (Å²) in [6.45, 7) is 1.62. The Hall–Kier alpha value is -2.02. The molecule has 5 nitrogen and oxygen atoms in total. The molecule has 1 saturated heterocycles. The van der Waals surface area contributed by atoms with Gasteiger partial charge in [-0.05, 0) is 43.5 Å². The van der Waals surface area contributed by atoms with Crippen molar-refractivity contribution in [2.75, 3.05) is 13.1 Å². The number of halogens is 2. The minimum absolute atomic E-state index is 0.0676. The van der Waals surface area contributed by atoms with Gasteiger partial charge in [-0.25, -0.2) is 18.7 Å². The zero-order valence-corrected chi connectivity index (χ0v) is 12.1. The van der Waals surface area contributed by atoms with Gasteiger partial charge in [0.15, 0.2) is 11.6 Å². The topological polar surface area (TPSA) is 64.8 Å². The molecule has 2 heterocycles. The molecule has 1 aliphatic heterocycles. The summed E-state index contributed by atoms with van der Waals surface area (Å²) in [4.78, 5) is 16.2. The van der Waals surface area contributed by atoms with Crippen molar-refractivity contribution in [3.63, 3.8) is 0 Å². The fourth-order valence-corrected chi connectivity index (χ4v) is 2.98. The van der Waals surface area contributed by atoms with Gasteiger partial charge in [-0.3, -0.25) is 9.88 Å². The number of aromatic nitrogens is 3. The van der Waals surface area contributed by atoms with Crippen LogP contribution in [0, 0.1) is 11.6 Å². The molecular formula is C15H18F2N4O. The molecule has 2 aromatic rings. The molecule has 1 fully saturated rings. The van der Waals surface area contributed by atoms with Gasteiger partial charge in [-0.2, -0.15) is 5.10 Å². The van der Waals surface area contributed by atoms with Gasteiger partial charge in [0.05, 0.1) is 6.04 Å². The van der Waals surface area contributed by atoms with Crippen LogP contribution in [0.5, 0.6) is 0 Å². The van der Waals surface area contributed by atoms with E-state index in [1.165, 1.54) is 6.07 Å². The van der Waals surface area contributed by atoms with Crippen molar-refractivity contribution in [2.45, 2.75) is 31.7 Å². The maximum absolute atomic E-state index is 13.2. The van der Waals surface area contributed by atoms with E-state index in [1.54, 1.807) is 6.07 Å². The Morgan fingerprint density at radius 3 is 2.86 bits per heavy atom. The average Bonchev–Trinajstić information content (AvgIpc) is 2.95. The third-order valence-corrected chi connectivity index (χ3v) is 4.12. The highest BCUT2D eigenvalue weighted by molar-refractivity contribution is 5.18. The van der Waals surface area contributed by atoms with Gasteiger partial charge in [-0.1, -0.05) is 12.5 Å². The third kappa shape index (κ3) is 3.24. The maximum Gasteiger partial charge on any atom is 0.340 e. The Balaban J connectivity index is 1.69. The summed E-state index contributed by atoms with van der Waals surface area (Å²) in [5, 5.41) is 6.42. The van der Waals surface area contributed by atoms with E-state index in [1.807, 2.05) is 0 Å². The number of nitrogens with one attached hydrogen (secondary N) is 2. The quantitative estimate of drug-likeness (QED) is 0.909. The van der Waals surface area contributed by atoms with Gasteiger partial charge in [0, 0.05) is 6.54 Å². The van der Waals surface area contributed by atoms with E-state index in [0.29, 0.717) is 18.8 Å². The molecule has 0 bridgehead atoms. The Morgan fingerprint density at radius 1 is 1.27 bits per heavy atom. The zero-order valence-electron chi connectivity index (χ0n) is 12.1. The van der Waals surface area contributed by atoms with Crippen LogP contribution in [-0.2, 0) is 6.42 Å². The molecular weight excluding hydrogens is 290 g/mol. The number of nitrogens with zero attached hydrogens (tertiary/aromatic N) is 2. The first kappa shape index (κ1) is 14.9. The summed E-state index contributed by atoms with van der Waals surface area (Å²) in [5.74, 6) is -0.993. The molecule has 0 spiro atoms. The molecule has 22 heavy (non-hydrogen) atoms. The van der Waals surface area contributed by atoms with Crippen molar-refractivity contribution < 1.29 is 8.78 Å². The first-order valence-corrected chi connectivity index (χ1v) is 7.46. The Bertz CT molecular complexity index is 697. The average molecular weight is 308 g/mol. The highest BCUT2D eigenvalue weighted by Gasteiger charge is 2.26. The number of H-pyrrole nitrogens is 2. The summed E-state index contributed by atoms with van der Waals surface area (Å²) in [6, 6.07) is 4.07. The lowest BCUT2D eigenvalue weighted by molar-refractivity contribution is 0.144. The lowest BCUT2D eigenvalue weighted by atomic mass is 10.0. The van der Waals surface area contributed by atoms with Gasteiger partial charge >= 0.3 is 5.69 Å². The first-order valence-electron chi connectivity index (χ1n) is 7.46. The van der Waals surface area contributed by atoms with Gasteiger partial charge in [0.2, 0.25) is 0 Å². The summed E-state index contributed by atoms with van der Waals surface area (Å²) in [6.07, 6.45) is 3.73. The van der Waals surface area contributed by atoms with Gasteiger partial charge in [0.1, 0.15) is 5.82 Å². The summed E-state index contributed by atoms with van der Waals surface area (Å²) >= 11 is 0. The predicted octanol–water partition coefficient (Wildman–Crippen LogP) is 2.15. The molecule has 1 unspecified atom stereocenters. The molecule has 0 radical (unpaired) electrons. The Kier molecular flexibility index (Phi) is 4.33. The fraction of sp³-hybridized carbons (Fsp3) is 0.467. The largest absolute Gasteiger partial charge is 0.340 e. The lowest BCUT2D eigenvalue weighted by Crippen LogP contribution is -2.35. The summed E-state index contributed by atoms with van der Waals surface area (Å²) in [7, 11) is 0. The summed E-state index contributed by atoms with van der Waals surface area (Å²) < 4.78 is 26.2. The van der Waals surface area contributed by atoms with E-state index in [2.05, 4.69) is 20.1 Å². The van der Waals surface area contributed by atoms with Gasteiger partial charge in [-0.15, -0.1) is 0 Å². The SMILES string of the molecule is O=c1[nH]nc(C2CCCCN2CCc2ccc(F)c(F)c2)[nH]1. The number of rotatable bonds is 4. The second kappa shape index (κ2) is 6.39. The monoisotopic (exact) mass is 308 g/mol. The Labute approximate surface area is 126 Å². The second-order valence-corrected chi connectivity index (χ2v) is 5.61. The van der Waals surface area contributed by atoms with Crippen LogP contribution in [0.25, 0.3) is 0 Å². The molecule has 7 heteroatoms. The highest BCUT2D eigenvalue weighted by Crippen LogP contribution is 2.28. The number of hydrogen-bond acceptors (Lipinski definition) is 3. The van der Waals surface area contributed by atoms with E-state index in [4.69, 9.17) is 0 Å². The van der Waals surface area contributed by atoms with Crippen LogP contribution in [0.3, 0.4) is 0 Å². The fourth-order valence-electron chi connectivity index (χ4n) is 2.98. The van der Waals surface area contributed by atoms with Crippen LogP contribution in [0.4, 0.5) is 8.78 Å². The van der Waals surface area contributed by atoms with Crippen molar-refractivity contribution in [1.82, 2.24) is 20.1 Å². The van der Waals surface area contributed by atoms with E-state index < -0.39 is 11.6 Å². The lowest BCUT2D eigenvalue weighted by Gasteiger charge is -2.34. The minimum atomic E-state index is -0.825. The van der Waals surface area contributed by atoms with Crippen LogP contribution in [0.1, 0.15) is 36.7 Å². The highest BCUT2D eigenvalue weighted by atomic mass is 19.2. The molecule has 1 aromatic carbocycles. The van der Waals surface area contributed by atoms with E-state index >= 15 is 0 Å². The minimum Gasteiger partial charge on any atom is -0.293 e. The number of hydrogen-bond donors (Lipinski definition) is 2. The normalized spacial score (nSPS) is 19.5. The van der Waals surface area contributed by atoms with Crippen LogP contribution in [-0.4, -0.2) is 33.2 Å². The molecule has 3 rings (SSSR count). The van der Waals surface area contributed by atoms with Crippen LogP contribution in [0.2, 0.25) is 0 Å². The second-order valence-electron chi connectivity index (χ2n) is 5.61. The number of likely N-dealkylation sites (tertiary alicyclic amines) is 1. The van der Waals surface area contributed by atoms with Gasteiger partial charge < -0.3 is 0 Å². The smallest absolute Gasteiger partial charge is 0.293 e. The number of piperidine rings is 1. The predicted molar refractivity (Wildman–Crippen MR) is 77.4 cm³/mol. The summed E-state index contributed by atoms with van der Waals surface area (Å²) in [5.41, 5.74) is 0.458. The molecule has 1 aromatic heterocycles. The molecule has 1 atom stereocenters. The number of aromatic amines is 2. The van der Waals surface area contributed by atoms with Crippen LogP contribution in [0.15, 0.2) is 23.0 Å². The standard InChI is InChI=1S/C15H18F2N4O/c16-11-5-4-10(9-12(11)17)6-8-21-7-2-1-3-13(21)14-18-15(22)20-19-14/h4-5,9,13H,1-3,6-8H2,(H2,18,19,20,22). The number of benzene rings is 1. The zero-order chi connectivity index (χ0) is 15.5. The van der Waals surface area contributed by atoms with Crippen LogP contribution < -0.4 is 5.69 Å². The first-order chi connectivity index (χ1) is 10.6. The molecule has 1 aliphatic rings.